The van der Waals surface area contributed by atoms with Gasteiger partial charge in [0.2, 0.25) is 5.91 Å². The van der Waals surface area contributed by atoms with Crippen LogP contribution in [0.4, 0.5) is 0 Å². The Morgan fingerprint density at radius 3 is 2.06 bits per heavy atom. The first kappa shape index (κ1) is 22.9. The molecule has 2 amide bonds. The van der Waals surface area contributed by atoms with Gasteiger partial charge < -0.3 is 19.3 Å². The second kappa shape index (κ2) is 11.0. The monoisotopic (exact) mass is 444 g/mol. The van der Waals surface area contributed by atoms with E-state index in [0.717, 1.165) is 16.9 Å². The third-order valence-electron chi connectivity index (χ3n) is 5.30. The van der Waals surface area contributed by atoms with Gasteiger partial charge >= 0.3 is 0 Å². The average molecular weight is 445 g/mol. The normalized spacial score (nSPS) is 13.8. The van der Waals surface area contributed by atoms with Gasteiger partial charge in [-0.25, -0.2) is 0 Å². The molecule has 2 aromatic carbocycles. The highest BCUT2D eigenvalue weighted by Crippen LogP contribution is 2.25. The summed E-state index contributed by atoms with van der Waals surface area (Å²) in [7, 11) is 0. The van der Waals surface area contributed by atoms with E-state index < -0.39 is 0 Å². The summed E-state index contributed by atoms with van der Waals surface area (Å²) in [4.78, 5) is 28.5. The van der Waals surface area contributed by atoms with Gasteiger partial charge in [-0.2, -0.15) is 0 Å². The Balaban J connectivity index is 1.35. The molecule has 0 bridgehead atoms. The molecule has 0 N–H and O–H groups in total. The first-order valence-electron chi connectivity index (χ1n) is 10.6. The number of amides is 2. The van der Waals surface area contributed by atoms with Crippen molar-refractivity contribution in [3.8, 4) is 11.5 Å². The maximum Gasteiger partial charge on any atom is 0.260 e. The molecular formula is C24H29ClN2O4. The number of nitrogens with zero attached hydrogens (tertiary/aromatic N) is 2. The van der Waals surface area contributed by atoms with Gasteiger partial charge in [-0.15, -0.1) is 0 Å². The molecule has 6 nitrogen and oxygen atoms in total. The van der Waals surface area contributed by atoms with Crippen LogP contribution in [0.1, 0.15) is 24.0 Å². The number of carbonyl (C=O) groups is 2. The zero-order chi connectivity index (χ0) is 22.2. The van der Waals surface area contributed by atoms with Gasteiger partial charge in [0, 0.05) is 37.6 Å². The summed E-state index contributed by atoms with van der Waals surface area (Å²) < 4.78 is 11.3. The predicted molar refractivity (Wildman–Crippen MR) is 121 cm³/mol. The number of piperazine rings is 1. The van der Waals surface area contributed by atoms with Crippen LogP contribution in [0.3, 0.4) is 0 Å². The third-order valence-corrected chi connectivity index (χ3v) is 5.90. The standard InChI is InChI=1S/C24H29ClN2O4/c1-18-15-21(16-19(2)24(18)25)31-17-23(29)27-12-10-26(11-13-27)22(28)9-6-14-30-20-7-4-3-5-8-20/h3-5,7-8,15-16H,6,9-14,17H2,1-2H3. The van der Waals surface area contributed by atoms with Crippen molar-refractivity contribution in [3.63, 3.8) is 0 Å². The van der Waals surface area contributed by atoms with Crippen LogP contribution in [0.25, 0.3) is 0 Å². The van der Waals surface area contributed by atoms with Crippen molar-refractivity contribution < 1.29 is 19.1 Å². The smallest absolute Gasteiger partial charge is 0.260 e. The van der Waals surface area contributed by atoms with E-state index in [9.17, 15) is 9.59 Å². The molecule has 166 valence electrons. The van der Waals surface area contributed by atoms with E-state index in [4.69, 9.17) is 21.1 Å². The van der Waals surface area contributed by atoms with Gasteiger partial charge in [-0.05, 0) is 55.7 Å². The molecule has 7 heteroatoms. The molecule has 1 aliphatic rings. The summed E-state index contributed by atoms with van der Waals surface area (Å²) in [6.45, 7) is 6.44. The molecule has 1 heterocycles. The Hall–Kier alpha value is -2.73. The number of halogens is 1. The van der Waals surface area contributed by atoms with Gasteiger partial charge in [0.1, 0.15) is 11.5 Å². The lowest BCUT2D eigenvalue weighted by Crippen LogP contribution is -2.51. The van der Waals surface area contributed by atoms with Crippen molar-refractivity contribution in [1.82, 2.24) is 9.80 Å². The average Bonchev–Trinajstić information content (AvgIpc) is 2.79. The van der Waals surface area contributed by atoms with Crippen LogP contribution in [0.15, 0.2) is 42.5 Å². The van der Waals surface area contributed by atoms with Crippen LogP contribution in [0.2, 0.25) is 5.02 Å². The van der Waals surface area contributed by atoms with E-state index in [2.05, 4.69) is 0 Å². The van der Waals surface area contributed by atoms with Crippen molar-refractivity contribution in [3.05, 3.63) is 58.6 Å². The Labute approximate surface area is 188 Å². The summed E-state index contributed by atoms with van der Waals surface area (Å²) >= 11 is 6.17. The topological polar surface area (TPSA) is 59.1 Å². The molecule has 31 heavy (non-hydrogen) atoms. The number of para-hydroxylation sites is 1. The number of carbonyl (C=O) groups excluding carboxylic acids is 2. The zero-order valence-corrected chi connectivity index (χ0v) is 18.9. The molecule has 0 atom stereocenters. The molecule has 0 radical (unpaired) electrons. The van der Waals surface area contributed by atoms with Crippen LogP contribution in [0, 0.1) is 13.8 Å². The van der Waals surface area contributed by atoms with Gasteiger partial charge in [0.25, 0.3) is 5.91 Å². The first-order valence-corrected chi connectivity index (χ1v) is 10.9. The van der Waals surface area contributed by atoms with Crippen molar-refractivity contribution in [2.75, 3.05) is 39.4 Å². The van der Waals surface area contributed by atoms with Crippen LogP contribution < -0.4 is 9.47 Å². The number of ether oxygens (including phenoxy) is 2. The predicted octanol–water partition coefficient (Wildman–Crippen LogP) is 3.87. The fraction of sp³-hybridized carbons (Fsp3) is 0.417. The molecule has 0 spiro atoms. The Bertz CT molecular complexity index is 873. The maximum absolute atomic E-state index is 12.5. The van der Waals surface area contributed by atoms with Gasteiger partial charge in [-0.3, -0.25) is 9.59 Å². The number of hydrogen-bond acceptors (Lipinski definition) is 4. The molecule has 1 aliphatic heterocycles. The van der Waals surface area contributed by atoms with E-state index in [0.29, 0.717) is 56.4 Å². The quantitative estimate of drug-likeness (QED) is 0.580. The van der Waals surface area contributed by atoms with Crippen molar-refractivity contribution in [2.24, 2.45) is 0 Å². The molecule has 0 unspecified atom stereocenters. The van der Waals surface area contributed by atoms with Crippen LogP contribution >= 0.6 is 11.6 Å². The lowest BCUT2D eigenvalue weighted by atomic mass is 10.1. The van der Waals surface area contributed by atoms with Crippen molar-refractivity contribution in [1.29, 1.82) is 0 Å². The summed E-state index contributed by atoms with van der Waals surface area (Å²) in [6, 6.07) is 13.2. The Morgan fingerprint density at radius 2 is 1.45 bits per heavy atom. The first-order chi connectivity index (χ1) is 14.9. The molecule has 3 rings (SSSR count). The Kier molecular flexibility index (Phi) is 8.18. The third kappa shape index (κ3) is 6.62. The number of aryl methyl sites for hydroxylation is 2. The molecule has 0 aromatic heterocycles. The Morgan fingerprint density at radius 1 is 0.871 bits per heavy atom. The zero-order valence-electron chi connectivity index (χ0n) is 18.1. The number of rotatable bonds is 8. The molecule has 2 aromatic rings. The molecular weight excluding hydrogens is 416 g/mol. The SMILES string of the molecule is Cc1cc(OCC(=O)N2CCN(C(=O)CCCOc3ccccc3)CC2)cc(C)c1Cl. The highest BCUT2D eigenvalue weighted by atomic mass is 35.5. The van der Waals surface area contributed by atoms with Crippen LogP contribution in [-0.2, 0) is 9.59 Å². The lowest BCUT2D eigenvalue weighted by Gasteiger charge is -2.34. The largest absolute Gasteiger partial charge is 0.494 e. The fourth-order valence-electron chi connectivity index (χ4n) is 3.52. The summed E-state index contributed by atoms with van der Waals surface area (Å²) in [5.74, 6) is 1.48. The molecule has 1 fully saturated rings. The molecule has 0 aliphatic carbocycles. The highest BCUT2D eigenvalue weighted by molar-refractivity contribution is 6.32. The second-order valence-corrected chi connectivity index (χ2v) is 8.06. The van der Waals surface area contributed by atoms with Crippen molar-refractivity contribution in [2.45, 2.75) is 26.7 Å². The van der Waals surface area contributed by atoms with Crippen LogP contribution in [0.5, 0.6) is 11.5 Å². The second-order valence-electron chi connectivity index (χ2n) is 7.69. The highest BCUT2D eigenvalue weighted by Gasteiger charge is 2.24. The molecule has 1 saturated heterocycles. The van der Waals surface area contributed by atoms with Gasteiger partial charge in [0.05, 0.1) is 6.61 Å². The van der Waals surface area contributed by atoms with E-state index in [1.807, 2.05) is 61.2 Å². The summed E-state index contributed by atoms with van der Waals surface area (Å²) in [5, 5.41) is 0.714. The number of hydrogen-bond donors (Lipinski definition) is 0. The minimum absolute atomic E-state index is 0.0225. The van der Waals surface area contributed by atoms with Gasteiger partial charge in [-0.1, -0.05) is 29.8 Å². The maximum atomic E-state index is 12.5. The summed E-state index contributed by atoms with van der Waals surface area (Å²) in [6.07, 6.45) is 1.11. The number of benzene rings is 2. The van der Waals surface area contributed by atoms with E-state index in [1.54, 1.807) is 4.90 Å². The van der Waals surface area contributed by atoms with Crippen molar-refractivity contribution >= 4 is 23.4 Å². The van der Waals surface area contributed by atoms with Crippen LogP contribution in [-0.4, -0.2) is 61.0 Å². The van der Waals surface area contributed by atoms with E-state index in [1.165, 1.54) is 0 Å². The van der Waals surface area contributed by atoms with E-state index in [-0.39, 0.29) is 18.4 Å². The molecule has 0 saturated carbocycles. The van der Waals surface area contributed by atoms with Gasteiger partial charge in [0.15, 0.2) is 6.61 Å². The van der Waals surface area contributed by atoms with E-state index >= 15 is 0 Å². The lowest BCUT2D eigenvalue weighted by molar-refractivity contribution is -0.140. The fourth-order valence-corrected chi connectivity index (χ4v) is 3.63. The minimum Gasteiger partial charge on any atom is -0.494 e. The minimum atomic E-state index is -0.0754. The summed E-state index contributed by atoms with van der Waals surface area (Å²) in [5.41, 5.74) is 1.84.